The SMILES string of the molecule is Cc1ccccc1N(C)CCCBr. The van der Waals surface area contributed by atoms with E-state index in [1.807, 2.05) is 0 Å². The van der Waals surface area contributed by atoms with Gasteiger partial charge < -0.3 is 4.90 Å². The fraction of sp³-hybridized carbons (Fsp3) is 0.455. The number of benzene rings is 1. The smallest absolute Gasteiger partial charge is 0.0393 e. The Kier molecular flexibility index (Phi) is 4.29. The highest BCUT2D eigenvalue weighted by atomic mass is 79.9. The molecule has 0 aliphatic rings. The van der Waals surface area contributed by atoms with Gasteiger partial charge in [0.25, 0.3) is 0 Å². The van der Waals surface area contributed by atoms with Gasteiger partial charge in [0.05, 0.1) is 0 Å². The fourth-order valence-corrected chi connectivity index (χ4v) is 1.66. The summed E-state index contributed by atoms with van der Waals surface area (Å²) in [5.74, 6) is 0. The summed E-state index contributed by atoms with van der Waals surface area (Å²) >= 11 is 3.44. The first-order chi connectivity index (χ1) is 6.25. The van der Waals surface area contributed by atoms with Crippen LogP contribution in [0, 0.1) is 6.92 Å². The molecule has 0 unspecified atom stereocenters. The van der Waals surface area contributed by atoms with Gasteiger partial charge in [0.15, 0.2) is 0 Å². The molecular formula is C11H16BrN. The molecule has 72 valence electrons. The van der Waals surface area contributed by atoms with Crippen LogP contribution < -0.4 is 4.90 Å². The Morgan fingerprint density at radius 2 is 2.00 bits per heavy atom. The Hall–Kier alpha value is -0.500. The highest BCUT2D eigenvalue weighted by Crippen LogP contribution is 2.17. The van der Waals surface area contributed by atoms with E-state index in [1.165, 1.54) is 17.7 Å². The second kappa shape index (κ2) is 5.28. The molecule has 13 heavy (non-hydrogen) atoms. The van der Waals surface area contributed by atoms with Gasteiger partial charge in [-0.1, -0.05) is 34.1 Å². The minimum Gasteiger partial charge on any atom is -0.374 e. The molecule has 0 N–H and O–H groups in total. The topological polar surface area (TPSA) is 3.24 Å². The molecule has 0 aliphatic heterocycles. The quantitative estimate of drug-likeness (QED) is 0.733. The van der Waals surface area contributed by atoms with E-state index in [0.29, 0.717) is 0 Å². The number of anilines is 1. The maximum atomic E-state index is 3.44. The number of aryl methyl sites for hydroxylation is 1. The zero-order valence-corrected chi connectivity index (χ0v) is 9.84. The molecule has 0 spiro atoms. The Morgan fingerprint density at radius 3 is 2.62 bits per heavy atom. The maximum Gasteiger partial charge on any atom is 0.0393 e. The van der Waals surface area contributed by atoms with Gasteiger partial charge in [0.1, 0.15) is 0 Å². The fourth-order valence-electron chi connectivity index (χ4n) is 1.41. The maximum absolute atomic E-state index is 3.44. The second-order valence-electron chi connectivity index (χ2n) is 3.25. The monoisotopic (exact) mass is 241 g/mol. The molecule has 0 atom stereocenters. The average molecular weight is 242 g/mol. The van der Waals surface area contributed by atoms with Crippen LogP contribution >= 0.6 is 15.9 Å². The lowest BCUT2D eigenvalue weighted by Crippen LogP contribution is -2.19. The first kappa shape index (κ1) is 10.6. The molecule has 0 saturated carbocycles. The van der Waals surface area contributed by atoms with Crippen LogP contribution in [0.3, 0.4) is 0 Å². The second-order valence-corrected chi connectivity index (χ2v) is 4.04. The number of hydrogen-bond donors (Lipinski definition) is 0. The minimum atomic E-state index is 1.07. The van der Waals surface area contributed by atoms with Crippen LogP contribution in [0.4, 0.5) is 5.69 Å². The van der Waals surface area contributed by atoms with Crippen molar-refractivity contribution in [3.63, 3.8) is 0 Å². The number of alkyl halides is 1. The van der Waals surface area contributed by atoms with Gasteiger partial charge in [-0.15, -0.1) is 0 Å². The molecule has 1 rings (SSSR count). The summed E-state index contributed by atoms with van der Waals surface area (Å²) in [4.78, 5) is 2.30. The van der Waals surface area contributed by atoms with Gasteiger partial charge in [0.2, 0.25) is 0 Å². The van der Waals surface area contributed by atoms with Crippen molar-refractivity contribution < 1.29 is 0 Å². The van der Waals surface area contributed by atoms with Crippen molar-refractivity contribution in [3.8, 4) is 0 Å². The summed E-state index contributed by atoms with van der Waals surface area (Å²) in [7, 11) is 2.14. The molecule has 0 bridgehead atoms. The molecule has 0 aromatic heterocycles. The molecule has 0 heterocycles. The van der Waals surface area contributed by atoms with Crippen LogP contribution in [0.5, 0.6) is 0 Å². The standard InChI is InChI=1S/C11H16BrN/c1-10-6-3-4-7-11(10)13(2)9-5-8-12/h3-4,6-7H,5,8-9H2,1-2H3. The van der Waals surface area contributed by atoms with Gasteiger partial charge >= 0.3 is 0 Å². The molecule has 0 aliphatic carbocycles. The van der Waals surface area contributed by atoms with Crippen molar-refractivity contribution in [2.24, 2.45) is 0 Å². The molecule has 1 aromatic carbocycles. The summed E-state index contributed by atoms with van der Waals surface area (Å²) in [5.41, 5.74) is 2.68. The number of hydrogen-bond acceptors (Lipinski definition) is 1. The van der Waals surface area contributed by atoms with Gasteiger partial charge in [-0.05, 0) is 25.0 Å². The van der Waals surface area contributed by atoms with Crippen molar-refractivity contribution in [1.82, 2.24) is 0 Å². The van der Waals surface area contributed by atoms with E-state index < -0.39 is 0 Å². The van der Waals surface area contributed by atoms with E-state index >= 15 is 0 Å². The third kappa shape index (κ3) is 3.03. The zero-order valence-electron chi connectivity index (χ0n) is 8.26. The van der Waals surface area contributed by atoms with Crippen molar-refractivity contribution in [1.29, 1.82) is 0 Å². The Balaban J connectivity index is 2.65. The lowest BCUT2D eigenvalue weighted by atomic mass is 10.2. The van der Waals surface area contributed by atoms with Crippen LogP contribution in [0.25, 0.3) is 0 Å². The van der Waals surface area contributed by atoms with E-state index in [9.17, 15) is 0 Å². The van der Waals surface area contributed by atoms with Crippen molar-refractivity contribution in [3.05, 3.63) is 29.8 Å². The molecule has 1 nitrogen and oxygen atoms in total. The van der Waals surface area contributed by atoms with E-state index in [1.54, 1.807) is 0 Å². The third-order valence-electron chi connectivity index (χ3n) is 2.15. The zero-order chi connectivity index (χ0) is 9.68. The Morgan fingerprint density at radius 1 is 1.31 bits per heavy atom. The summed E-state index contributed by atoms with van der Waals surface area (Å²) in [6, 6.07) is 8.49. The van der Waals surface area contributed by atoms with Gasteiger partial charge in [-0.2, -0.15) is 0 Å². The molecular weight excluding hydrogens is 226 g/mol. The number of halogens is 1. The molecule has 0 radical (unpaired) electrons. The third-order valence-corrected chi connectivity index (χ3v) is 2.71. The summed E-state index contributed by atoms with van der Waals surface area (Å²) in [6.45, 7) is 3.26. The summed E-state index contributed by atoms with van der Waals surface area (Å²) < 4.78 is 0. The van der Waals surface area contributed by atoms with Crippen LogP contribution in [0.2, 0.25) is 0 Å². The number of para-hydroxylation sites is 1. The van der Waals surface area contributed by atoms with Crippen LogP contribution in [0.15, 0.2) is 24.3 Å². The van der Waals surface area contributed by atoms with Crippen molar-refractivity contribution in [2.75, 3.05) is 23.8 Å². The summed E-state index contributed by atoms with van der Waals surface area (Å²) in [5, 5.41) is 1.07. The van der Waals surface area contributed by atoms with E-state index in [2.05, 4.69) is 59.1 Å². The van der Waals surface area contributed by atoms with Crippen LogP contribution in [0.1, 0.15) is 12.0 Å². The first-order valence-electron chi connectivity index (χ1n) is 4.58. The molecule has 0 amide bonds. The van der Waals surface area contributed by atoms with Gasteiger partial charge in [-0.3, -0.25) is 0 Å². The van der Waals surface area contributed by atoms with Crippen LogP contribution in [-0.4, -0.2) is 18.9 Å². The predicted octanol–water partition coefficient (Wildman–Crippen LogP) is 3.22. The highest BCUT2D eigenvalue weighted by molar-refractivity contribution is 9.09. The predicted molar refractivity (Wildman–Crippen MR) is 62.9 cm³/mol. The Labute approximate surface area is 88.9 Å². The van der Waals surface area contributed by atoms with E-state index in [-0.39, 0.29) is 0 Å². The highest BCUT2D eigenvalue weighted by Gasteiger charge is 2.01. The lowest BCUT2D eigenvalue weighted by molar-refractivity contribution is 0.860. The van der Waals surface area contributed by atoms with Crippen molar-refractivity contribution >= 4 is 21.6 Å². The Bertz CT molecular complexity index is 260. The van der Waals surface area contributed by atoms with E-state index in [0.717, 1.165) is 11.9 Å². The largest absolute Gasteiger partial charge is 0.374 e. The van der Waals surface area contributed by atoms with E-state index in [4.69, 9.17) is 0 Å². The average Bonchev–Trinajstić information content (AvgIpc) is 2.15. The minimum absolute atomic E-state index is 1.07. The molecule has 1 aromatic rings. The lowest BCUT2D eigenvalue weighted by Gasteiger charge is -2.20. The van der Waals surface area contributed by atoms with Gasteiger partial charge in [0, 0.05) is 24.6 Å². The number of rotatable bonds is 4. The van der Waals surface area contributed by atoms with Gasteiger partial charge in [-0.25, -0.2) is 0 Å². The molecule has 0 fully saturated rings. The normalized spacial score (nSPS) is 10.1. The molecule has 2 heteroatoms. The van der Waals surface area contributed by atoms with Crippen molar-refractivity contribution in [2.45, 2.75) is 13.3 Å². The first-order valence-corrected chi connectivity index (χ1v) is 5.70. The molecule has 0 saturated heterocycles. The van der Waals surface area contributed by atoms with Crippen LogP contribution in [-0.2, 0) is 0 Å². The summed E-state index contributed by atoms with van der Waals surface area (Å²) in [6.07, 6.45) is 1.19. The number of nitrogens with zero attached hydrogens (tertiary/aromatic N) is 1.